The summed E-state index contributed by atoms with van der Waals surface area (Å²) in [5.74, 6) is 0.633. The second kappa shape index (κ2) is 9.99. The maximum Gasteiger partial charge on any atom is 0.309 e. The minimum absolute atomic E-state index is 0.0270. The normalized spacial score (nSPS) is 14.7. The van der Waals surface area contributed by atoms with Gasteiger partial charge in [0.25, 0.3) is 5.91 Å². The van der Waals surface area contributed by atoms with Gasteiger partial charge in [-0.3, -0.25) is 9.59 Å². The molecular weight excluding hydrogens is 394 g/mol. The molecule has 1 heterocycles. The quantitative estimate of drug-likeness (QED) is 0.487. The van der Waals surface area contributed by atoms with Crippen LogP contribution < -0.4 is 0 Å². The number of rotatable bonds is 6. The first-order valence-electron chi connectivity index (χ1n) is 9.50. The Morgan fingerprint density at radius 3 is 2.32 bits per heavy atom. The highest BCUT2D eigenvalue weighted by atomic mass is 35.5. The van der Waals surface area contributed by atoms with Crippen LogP contribution in [0.4, 0.5) is 0 Å². The number of thioether (sulfide) groups is 1. The van der Waals surface area contributed by atoms with E-state index in [9.17, 15) is 9.59 Å². The number of amides is 1. The van der Waals surface area contributed by atoms with Crippen LogP contribution in [0.2, 0.25) is 5.02 Å². The van der Waals surface area contributed by atoms with E-state index in [0.29, 0.717) is 38.1 Å². The number of benzene rings is 2. The molecule has 0 bridgehead atoms. The Kier molecular flexibility index (Phi) is 7.40. The van der Waals surface area contributed by atoms with Gasteiger partial charge in [0.05, 0.1) is 12.5 Å². The molecule has 2 aromatic carbocycles. The predicted octanol–water partition coefficient (Wildman–Crippen LogP) is 5.05. The molecule has 0 aromatic heterocycles. The maximum atomic E-state index is 12.7. The Labute approximate surface area is 175 Å². The number of esters is 1. The molecule has 1 aliphatic rings. The Hall–Kier alpha value is -1.98. The van der Waals surface area contributed by atoms with Crippen molar-refractivity contribution in [2.24, 2.45) is 5.92 Å². The zero-order valence-corrected chi connectivity index (χ0v) is 17.5. The molecule has 0 aliphatic carbocycles. The zero-order chi connectivity index (χ0) is 19.9. The summed E-state index contributed by atoms with van der Waals surface area (Å²) in [4.78, 5) is 27.5. The summed E-state index contributed by atoms with van der Waals surface area (Å²) in [6.07, 6.45) is 1.33. The zero-order valence-electron chi connectivity index (χ0n) is 15.9. The van der Waals surface area contributed by atoms with Crippen molar-refractivity contribution < 1.29 is 14.3 Å². The number of hydrogen-bond acceptors (Lipinski definition) is 4. The monoisotopic (exact) mass is 417 g/mol. The number of halogens is 1. The summed E-state index contributed by atoms with van der Waals surface area (Å²) in [5.41, 5.74) is 1.85. The average molecular weight is 418 g/mol. The van der Waals surface area contributed by atoms with Crippen LogP contribution in [0, 0.1) is 5.92 Å². The van der Waals surface area contributed by atoms with Crippen LogP contribution in [-0.4, -0.2) is 36.5 Å². The van der Waals surface area contributed by atoms with E-state index in [4.69, 9.17) is 16.3 Å². The fourth-order valence-electron chi connectivity index (χ4n) is 3.20. The van der Waals surface area contributed by atoms with Crippen LogP contribution in [0.25, 0.3) is 0 Å². The fraction of sp³-hybridized carbons (Fsp3) is 0.364. The molecule has 2 aromatic rings. The molecule has 1 aliphatic heterocycles. The second-order valence-corrected chi connectivity index (χ2v) is 8.24. The topological polar surface area (TPSA) is 46.6 Å². The Morgan fingerprint density at radius 1 is 1.07 bits per heavy atom. The van der Waals surface area contributed by atoms with Crippen molar-refractivity contribution in [2.75, 3.05) is 19.7 Å². The summed E-state index contributed by atoms with van der Waals surface area (Å²) in [5, 5.41) is 0.735. The SMILES string of the molecule is CCOC(=O)C1CCN(C(=O)c2ccc(CSc3ccc(Cl)cc3)cc2)CC1. The number of carbonyl (C=O) groups is 2. The van der Waals surface area contributed by atoms with E-state index < -0.39 is 0 Å². The lowest BCUT2D eigenvalue weighted by Gasteiger charge is -2.31. The smallest absolute Gasteiger partial charge is 0.309 e. The van der Waals surface area contributed by atoms with Crippen molar-refractivity contribution in [3.05, 3.63) is 64.7 Å². The Bertz CT molecular complexity index is 800. The molecule has 6 heteroatoms. The summed E-state index contributed by atoms with van der Waals surface area (Å²) in [7, 11) is 0. The number of nitrogens with zero attached hydrogens (tertiary/aromatic N) is 1. The van der Waals surface area contributed by atoms with Crippen LogP contribution in [0.5, 0.6) is 0 Å². The van der Waals surface area contributed by atoms with Crippen LogP contribution in [-0.2, 0) is 15.3 Å². The van der Waals surface area contributed by atoms with E-state index in [1.165, 1.54) is 0 Å². The van der Waals surface area contributed by atoms with Crippen molar-refractivity contribution in [3.8, 4) is 0 Å². The van der Waals surface area contributed by atoms with E-state index in [0.717, 1.165) is 21.2 Å². The molecule has 0 unspecified atom stereocenters. The highest BCUT2D eigenvalue weighted by Crippen LogP contribution is 2.25. The predicted molar refractivity (Wildman–Crippen MR) is 113 cm³/mol. The summed E-state index contributed by atoms with van der Waals surface area (Å²) >= 11 is 7.64. The number of carbonyl (C=O) groups excluding carboxylic acids is 2. The number of hydrogen-bond donors (Lipinski definition) is 0. The van der Waals surface area contributed by atoms with Gasteiger partial charge in [0.2, 0.25) is 0 Å². The lowest BCUT2D eigenvalue weighted by atomic mass is 9.96. The largest absolute Gasteiger partial charge is 0.466 e. The molecule has 4 nitrogen and oxygen atoms in total. The Morgan fingerprint density at radius 2 is 1.71 bits per heavy atom. The number of piperidine rings is 1. The molecule has 0 saturated carbocycles. The van der Waals surface area contributed by atoms with Crippen molar-refractivity contribution >= 4 is 35.2 Å². The van der Waals surface area contributed by atoms with E-state index in [1.54, 1.807) is 11.8 Å². The first-order chi connectivity index (χ1) is 13.6. The molecule has 148 valence electrons. The van der Waals surface area contributed by atoms with E-state index >= 15 is 0 Å². The van der Waals surface area contributed by atoms with Crippen molar-refractivity contribution in [1.29, 1.82) is 0 Å². The lowest BCUT2D eigenvalue weighted by Crippen LogP contribution is -2.40. The first kappa shape index (κ1) is 20.7. The van der Waals surface area contributed by atoms with Gasteiger partial charge in [0, 0.05) is 34.3 Å². The highest BCUT2D eigenvalue weighted by Gasteiger charge is 2.28. The maximum absolute atomic E-state index is 12.7. The van der Waals surface area contributed by atoms with Crippen molar-refractivity contribution in [1.82, 2.24) is 4.90 Å². The van der Waals surface area contributed by atoms with Crippen LogP contribution in [0.15, 0.2) is 53.4 Å². The average Bonchev–Trinajstić information content (AvgIpc) is 2.73. The standard InChI is InChI=1S/C22H24ClNO3S/c1-2-27-22(26)18-11-13-24(14-12-18)21(25)17-5-3-16(4-6-17)15-28-20-9-7-19(23)8-10-20/h3-10,18H,2,11-15H2,1H3. The Balaban J connectivity index is 1.51. The molecule has 1 saturated heterocycles. The van der Waals surface area contributed by atoms with Crippen molar-refractivity contribution in [2.45, 2.75) is 30.4 Å². The van der Waals surface area contributed by atoms with Crippen LogP contribution >= 0.6 is 23.4 Å². The molecular formula is C22H24ClNO3S. The summed E-state index contributed by atoms with van der Waals surface area (Å²) in [6, 6.07) is 15.6. The number of likely N-dealkylation sites (tertiary alicyclic amines) is 1. The van der Waals surface area contributed by atoms with Gasteiger partial charge in [-0.15, -0.1) is 11.8 Å². The first-order valence-corrected chi connectivity index (χ1v) is 10.9. The van der Waals surface area contributed by atoms with Gasteiger partial charge in [0.1, 0.15) is 0 Å². The van der Waals surface area contributed by atoms with Crippen LogP contribution in [0.3, 0.4) is 0 Å². The fourth-order valence-corrected chi connectivity index (χ4v) is 4.18. The van der Waals surface area contributed by atoms with Gasteiger partial charge in [-0.1, -0.05) is 23.7 Å². The van der Waals surface area contributed by atoms with Gasteiger partial charge in [-0.25, -0.2) is 0 Å². The second-order valence-electron chi connectivity index (χ2n) is 6.76. The molecule has 0 spiro atoms. The van der Waals surface area contributed by atoms with Gasteiger partial charge < -0.3 is 9.64 Å². The van der Waals surface area contributed by atoms with E-state index in [-0.39, 0.29) is 17.8 Å². The third-order valence-corrected chi connectivity index (χ3v) is 6.16. The molecule has 28 heavy (non-hydrogen) atoms. The van der Waals surface area contributed by atoms with E-state index in [2.05, 4.69) is 0 Å². The van der Waals surface area contributed by atoms with Gasteiger partial charge in [-0.2, -0.15) is 0 Å². The lowest BCUT2D eigenvalue weighted by molar-refractivity contribution is -0.149. The van der Waals surface area contributed by atoms with E-state index in [1.807, 2.05) is 60.4 Å². The van der Waals surface area contributed by atoms with Crippen molar-refractivity contribution in [3.63, 3.8) is 0 Å². The molecule has 0 N–H and O–H groups in total. The van der Waals surface area contributed by atoms with Crippen LogP contribution in [0.1, 0.15) is 35.7 Å². The third kappa shape index (κ3) is 5.52. The highest BCUT2D eigenvalue weighted by molar-refractivity contribution is 7.98. The molecule has 1 fully saturated rings. The van der Waals surface area contributed by atoms with Gasteiger partial charge >= 0.3 is 5.97 Å². The molecule has 3 rings (SSSR count). The minimum atomic E-state index is -0.142. The minimum Gasteiger partial charge on any atom is -0.466 e. The van der Waals surface area contributed by atoms with Gasteiger partial charge in [-0.05, 0) is 61.7 Å². The molecule has 0 radical (unpaired) electrons. The number of ether oxygens (including phenoxy) is 1. The molecule has 0 atom stereocenters. The summed E-state index contributed by atoms with van der Waals surface area (Å²) in [6.45, 7) is 3.40. The third-order valence-electron chi connectivity index (χ3n) is 4.82. The van der Waals surface area contributed by atoms with Gasteiger partial charge in [0.15, 0.2) is 0 Å². The molecule has 1 amide bonds. The summed E-state index contributed by atoms with van der Waals surface area (Å²) < 4.78 is 5.08.